The van der Waals surface area contributed by atoms with Crippen LogP contribution in [0.25, 0.3) is 11.1 Å². The van der Waals surface area contributed by atoms with Gasteiger partial charge in [0.2, 0.25) is 0 Å². The van der Waals surface area contributed by atoms with E-state index in [2.05, 4.69) is 84.1 Å². The first-order valence-electron chi connectivity index (χ1n) is 9.71. The van der Waals surface area contributed by atoms with Gasteiger partial charge in [0.25, 0.3) is 0 Å². The molecule has 1 saturated heterocycles. The zero-order chi connectivity index (χ0) is 18.4. The number of hydrogen-bond donors (Lipinski definition) is 3. The van der Waals surface area contributed by atoms with Crippen LogP contribution >= 0.6 is 0 Å². The van der Waals surface area contributed by atoms with E-state index in [4.69, 9.17) is 5.84 Å². The summed E-state index contributed by atoms with van der Waals surface area (Å²) in [5.41, 5.74) is 6.85. The minimum Gasteiger partial charge on any atom is -0.311 e. The molecule has 2 aromatic rings. The fourth-order valence-corrected chi connectivity index (χ4v) is 3.96. The average Bonchev–Trinajstić information content (AvgIpc) is 3.11. The van der Waals surface area contributed by atoms with Crippen LogP contribution in [-0.4, -0.2) is 36.6 Å². The Labute approximate surface area is 157 Å². The highest BCUT2D eigenvalue weighted by molar-refractivity contribution is 5.67. The second-order valence-corrected chi connectivity index (χ2v) is 7.75. The highest BCUT2D eigenvalue weighted by Crippen LogP contribution is 2.26. The molecule has 0 amide bonds. The highest BCUT2D eigenvalue weighted by Gasteiger charge is 2.29. The number of hydrogen-bond acceptors (Lipinski definition) is 4. The Morgan fingerprint density at radius 3 is 2.58 bits per heavy atom. The molecule has 0 radical (unpaired) electrons. The van der Waals surface area contributed by atoms with Crippen molar-refractivity contribution in [3.63, 3.8) is 0 Å². The molecule has 26 heavy (non-hydrogen) atoms. The Morgan fingerprint density at radius 2 is 1.85 bits per heavy atom. The summed E-state index contributed by atoms with van der Waals surface area (Å²) in [5.74, 6) is 6.16. The summed E-state index contributed by atoms with van der Waals surface area (Å²) in [6.45, 7) is 8.56. The molecule has 4 nitrogen and oxygen atoms in total. The van der Waals surface area contributed by atoms with Crippen molar-refractivity contribution in [2.75, 3.05) is 19.6 Å². The lowest BCUT2D eigenvalue weighted by Crippen LogP contribution is -2.39. The predicted molar refractivity (Wildman–Crippen MR) is 110 cm³/mol. The van der Waals surface area contributed by atoms with Crippen LogP contribution in [0.1, 0.15) is 25.8 Å². The maximum absolute atomic E-state index is 5.51. The zero-order valence-corrected chi connectivity index (χ0v) is 16.0. The van der Waals surface area contributed by atoms with Crippen LogP contribution in [0.5, 0.6) is 0 Å². The van der Waals surface area contributed by atoms with Crippen molar-refractivity contribution in [3.05, 3.63) is 60.2 Å². The molecular weight excluding hydrogens is 320 g/mol. The zero-order valence-electron chi connectivity index (χ0n) is 16.0. The van der Waals surface area contributed by atoms with Gasteiger partial charge in [-0.3, -0.25) is 16.2 Å². The van der Waals surface area contributed by atoms with Gasteiger partial charge in [-0.05, 0) is 29.0 Å². The summed E-state index contributed by atoms with van der Waals surface area (Å²) in [7, 11) is 0. The van der Waals surface area contributed by atoms with E-state index in [-0.39, 0.29) is 0 Å². The molecule has 0 bridgehead atoms. The largest absolute Gasteiger partial charge is 0.311 e. The SMILES string of the molecule is CC(C)CN(Cc1ccccc1-c1ccccc1)[C@H]1CN[C@H](CNN)C1. The third kappa shape index (κ3) is 4.92. The van der Waals surface area contributed by atoms with Crippen LogP contribution < -0.4 is 16.6 Å². The summed E-state index contributed by atoms with van der Waals surface area (Å²) < 4.78 is 0. The van der Waals surface area contributed by atoms with Crippen molar-refractivity contribution in [2.45, 2.75) is 38.9 Å². The smallest absolute Gasteiger partial charge is 0.0252 e. The Balaban J connectivity index is 1.80. The van der Waals surface area contributed by atoms with Crippen LogP contribution in [0.4, 0.5) is 0 Å². The van der Waals surface area contributed by atoms with E-state index in [1.165, 1.54) is 16.7 Å². The van der Waals surface area contributed by atoms with Crippen LogP contribution in [0.2, 0.25) is 0 Å². The molecule has 3 rings (SSSR count). The van der Waals surface area contributed by atoms with E-state index < -0.39 is 0 Å². The quantitative estimate of drug-likeness (QED) is 0.505. The summed E-state index contributed by atoms with van der Waals surface area (Å²) >= 11 is 0. The number of nitrogens with two attached hydrogens (primary N) is 1. The number of rotatable bonds is 8. The molecule has 0 spiro atoms. The van der Waals surface area contributed by atoms with Gasteiger partial charge in [-0.15, -0.1) is 0 Å². The minimum absolute atomic E-state index is 0.462. The fourth-order valence-electron chi connectivity index (χ4n) is 3.96. The van der Waals surface area contributed by atoms with E-state index >= 15 is 0 Å². The average molecular weight is 353 g/mol. The Hall–Kier alpha value is -1.72. The van der Waals surface area contributed by atoms with Crippen molar-refractivity contribution in [2.24, 2.45) is 11.8 Å². The lowest BCUT2D eigenvalue weighted by molar-refractivity contribution is 0.175. The fraction of sp³-hybridized carbons (Fsp3) is 0.455. The van der Waals surface area contributed by atoms with Crippen molar-refractivity contribution < 1.29 is 0 Å². The standard InChI is InChI=1S/C22H32N4/c1-17(2)15-26(21-12-20(13-25-23)24-14-21)16-19-10-6-7-11-22(19)18-8-4-3-5-9-18/h3-11,17,20-21,24-25H,12-16,23H2,1-2H3/t20-,21+/m0/s1. The Morgan fingerprint density at radius 1 is 1.12 bits per heavy atom. The third-order valence-electron chi connectivity index (χ3n) is 5.15. The van der Waals surface area contributed by atoms with E-state index in [9.17, 15) is 0 Å². The summed E-state index contributed by atoms with van der Waals surface area (Å²) in [6, 6.07) is 20.5. The molecular formula is C22H32N4. The monoisotopic (exact) mass is 352 g/mol. The topological polar surface area (TPSA) is 53.3 Å². The van der Waals surface area contributed by atoms with Gasteiger partial charge in [-0.25, -0.2) is 0 Å². The van der Waals surface area contributed by atoms with E-state index in [0.29, 0.717) is 18.0 Å². The van der Waals surface area contributed by atoms with Crippen molar-refractivity contribution in [1.29, 1.82) is 0 Å². The highest BCUT2D eigenvalue weighted by atomic mass is 15.2. The van der Waals surface area contributed by atoms with E-state index in [0.717, 1.165) is 32.6 Å². The molecule has 0 aliphatic carbocycles. The second kappa shape index (κ2) is 9.28. The summed E-state index contributed by atoms with van der Waals surface area (Å²) in [5, 5.41) is 3.61. The third-order valence-corrected chi connectivity index (χ3v) is 5.15. The molecule has 1 aliphatic rings. The predicted octanol–water partition coefficient (Wildman–Crippen LogP) is 3.01. The molecule has 0 aromatic heterocycles. The van der Waals surface area contributed by atoms with E-state index in [1.807, 2.05) is 0 Å². The van der Waals surface area contributed by atoms with Gasteiger partial charge in [0.05, 0.1) is 0 Å². The first-order valence-corrected chi connectivity index (χ1v) is 9.71. The van der Waals surface area contributed by atoms with Crippen molar-refractivity contribution in [3.8, 4) is 11.1 Å². The van der Waals surface area contributed by atoms with Gasteiger partial charge in [-0.2, -0.15) is 0 Å². The van der Waals surface area contributed by atoms with Crippen molar-refractivity contribution >= 4 is 0 Å². The Kier molecular flexibility index (Phi) is 6.80. The first-order chi connectivity index (χ1) is 12.7. The molecule has 140 valence electrons. The molecule has 4 N–H and O–H groups in total. The lowest BCUT2D eigenvalue weighted by atomic mass is 9.98. The number of nitrogens with one attached hydrogen (secondary N) is 2. The molecule has 1 fully saturated rings. The minimum atomic E-state index is 0.462. The normalized spacial score (nSPS) is 20.2. The van der Waals surface area contributed by atoms with Gasteiger partial charge in [0.15, 0.2) is 0 Å². The number of benzene rings is 2. The second-order valence-electron chi connectivity index (χ2n) is 7.75. The first kappa shape index (κ1) is 19.1. The Bertz CT molecular complexity index is 671. The molecule has 2 aromatic carbocycles. The number of hydrazine groups is 1. The molecule has 2 atom stereocenters. The van der Waals surface area contributed by atoms with Gasteiger partial charge in [0.1, 0.15) is 0 Å². The maximum Gasteiger partial charge on any atom is 0.0252 e. The van der Waals surface area contributed by atoms with Gasteiger partial charge >= 0.3 is 0 Å². The van der Waals surface area contributed by atoms with Crippen molar-refractivity contribution in [1.82, 2.24) is 15.6 Å². The lowest BCUT2D eigenvalue weighted by Gasteiger charge is -2.31. The summed E-state index contributed by atoms with van der Waals surface area (Å²) in [6.07, 6.45) is 1.14. The van der Waals surface area contributed by atoms with E-state index in [1.54, 1.807) is 0 Å². The van der Waals surface area contributed by atoms with Crippen LogP contribution in [0, 0.1) is 5.92 Å². The molecule has 4 heteroatoms. The molecule has 1 heterocycles. The van der Waals surface area contributed by atoms with Gasteiger partial charge in [0, 0.05) is 38.3 Å². The van der Waals surface area contributed by atoms with Crippen LogP contribution in [0.3, 0.4) is 0 Å². The summed E-state index contributed by atoms with van der Waals surface area (Å²) in [4.78, 5) is 2.65. The maximum atomic E-state index is 5.51. The van der Waals surface area contributed by atoms with Gasteiger partial charge < -0.3 is 5.32 Å². The van der Waals surface area contributed by atoms with Gasteiger partial charge in [-0.1, -0.05) is 68.4 Å². The van der Waals surface area contributed by atoms with Crippen LogP contribution in [-0.2, 0) is 6.54 Å². The molecule has 0 unspecified atom stereocenters. The number of nitrogens with zero attached hydrogens (tertiary/aromatic N) is 1. The molecule has 0 saturated carbocycles. The molecule has 1 aliphatic heterocycles. The van der Waals surface area contributed by atoms with Crippen LogP contribution in [0.15, 0.2) is 54.6 Å².